The van der Waals surface area contributed by atoms with Crippen molar-refractivity contribution in [1.29, 1.82) is 0 Å². The van der Waals surface area contributed by atoms with Gasteiger partial charge in [-0.25, -0.2) is 4.79 Å². The molecule has 1 N–H and O–H groups in total. The van der Waals surface area contributed by atoms with Crippen LogP contribution in [0.3, 0.4) is 0 Å². The van der Waals surface area contributed by atoms with E-state index in [1.165, 1.54) is 0 Å². The summed E-state index contributed by atoms with van der Waals surface area (Å²) in [5, 5.41) is 0.955. The second kappa shape index (κ2) is 5.93. The highest BCUT2D eigenvalue weighted by molar-refractivity contribution is 5.98. The van der Waals surface area contributed by atoms with Gasteiger partial charge in [0.25, 0.3) is 0 Å². The van der Waals surface area contributed by atoms with Gasteiger partial charge in [-0.3, -0.25) is 0 Å². The van der Waals surface area contributed by atoms with E-state index in [-0.39, 0.29) is 5.97 Å². The largest absolute Gasteiger partial charge is 0.461 e. The van der Waals surface area contributed by atoms with Crippen molar-refractivity contribution in [1.82, 2.24) is 4.98 Å². The van der Waals surface area contributed by atoms with Crippen LogP contribution in [0.25, 0.3) is 10.9 Å². The predicted molar refractivity (Wildman–Crippen MR) is 85.5 cm³/mol. The molecule has 0 spiro atoms. The molecule has 1 aromatic heterocycles. The molecule has 112 valence electrons. The fourth-order valence-electron chi connectivity index (χ4n) is 2.40. The number of H-pyrrole nitrogens is 1. The van der Waals surface area contributed by atoms with E-state index in [0.29, 0.717) is 12.3 Å². The topological polar surface area (TPSA) is 51.3 Å². The Kier molecular flexibility index (Phi) is 3.83. The van der Waals surface area contributed by atoms with Crippen LogP contribution in [0.15, 0.2) is 48.5 Å². The van der Waals surface area contributed by atoms with Crippen molar-refractivity contribution in [3.05, 3.63) is 59.8 Å². The van der Waals surface area contributed by atoms with Gasteiger partial charge in [0.15, 0.2) is 0 Å². The van der Waals surface area contributed by atoms with Crippen molar-refractivity contribution in [2.45, 2.75) is 13.8 Å². The molecule has 0 bridgehead atoms. The van der Waals surface area contributed by atoms with Gasteiger partial charge in [0.1, 0.15) is 17.2 Å². The molecule has 0 radical (unpaired) electrons. The molecule has 0 aliphatic heterocycles. The average Bonchev–Trinajstić information content (AvgIpc) is 2.86. The number of para-hydroxylation sites is 1. The first-order valence-corrected chi connectivity index (χ1v) is 7.21. The first kappa shape index (κ1) is 14.2. The molecule has 3 aromatic rings. The van der Waals surface area contributed by atoms with Crippen LogP contribution in [-0.4, -0.2) is 17.6 Å². The summed E-state index contributed by atoms with van der Waals surface area (Å²) >= 11 is 0. The van der Waals surface area contributed by atoms with Crippen LogP contribution < -0.4 is 4.74 Å². The van der Waals surface area contributed by atoms with Crippen LogP contribution in [0.2, 0.25) is 0 Å². The van der Waals surface area contributed by atoms with Crippen LogP contribution in [0.5, 0.6) is 11.5 Å². The minimum absolute atomic E-state index is 0.332. The molecule has 0 saturated heterocycles. The Bertz CT molecular complexity index is 806. The molecular weight excluding hydrogens is 278 g/mol. The van der Waals surface area contributed by atoms with Crippen molar-refractivity contribution in [3.63, 3.8) is 0 Å². The fourth-order valence-corrected chi connectivity index (χ4v) is 2.40. The standard InChI is InChI=1S/C18H17NO3/c1-3-21-18(20)17-12(2)15-11-14(9-10-16(15)19-17)22-13-7-5-4-6-8-13/h4-11,19H,3H2,1-2H3. The molecule has 1 heterocycles. The average molecular weight is 295 g/mol. The van der Waals surface area contributed by atoms with Crippen LogP contribution in [0.4, 0.5) is 0 Å². The normalized spacial score (nSPS) is 10.6. The number of carbonyl (C=O) groups excluding carboxylic acids is 1. The number of nitrogens with one attached hydrogen (secondary N) is 1. The zero-order valence-corrected chi connectivity index (χ0v) is 12.6. The van der Waals surface area contributed by atoms with Gasteiger partial charge in [-0.1, -0.05) is 18.2 Å². The zero-order chi connectivity index (χ0) is 15.5. The molecular formula is C18H17NO3. The van der Waals surface area contributed by atoms with E-state index in [0.717, 1.165) is 28.0 Å². The second-order valence-electron chi connectivity index (χ2n) is 4.97. The maximum atomic E-state index is 11.9. The molecule has 0 unspecified atom stereocenters. The van der Waals surface area contributed by atoms with Gasteiger partial charge in [-0.15, -0.1) is 0 Å². The number of rotatable bonds is 4. The lowest BCUT2D eigenvalue weighted by Crippen LogP contribution is -2.06. The Labute approximate surface area is 128 Å². The van der Waals surface area contributed by atoms with Crippen molar-refractivity contribution in [3.8, 4) is 11.5 Å². The van der Waals surface area contributed by atoms with Gasteiger partial charge < -0.3 is 14.5 Å². The first-order chi connectivity index (χ1) is 10.7. The van der Waals surface area contributed by atoms with E-state index < -0.39 is 0 Å². The third-order valence-corrected chi connectivity index (χ3v) is 3.49. The maximum Gasteiger partial charge on any atom is 0.355 e. The number of fused-ring (bicyclic) bond motifs is 1. The maximum absolute atomic E-state index is 11.9. The van der Waals surface area contributed by atoms with E-state index in [9.17, 15) is 4.79 Å². The number of hydrogen-bond acceptors (Lipinski definition) is 3. The number of carbonyl (C=O) groups is 1. The quantitative estimate of drug-likeness (QED) is 0.724. The van der Waals surface area contributed by atoms with Gasteiger partial charge in [0.2, 0.25) is 0 Å². The van der Waals surface area contributed by atoms with Crippen molar-refractivity contribution in [2.24, 2.45) is 0 Å². The number of benzene rings is 2. The van der Waals surface area contributed by atoms with Crippen molar-refractivity contribution in [2.75, 3.05) is 6.61 Å². The lowest BCUT2D eigenvalue weighted by Gasteiger charge is -2.05. The lowest BCUT2D eigenvalue weighted by atomic mass is 10.1. The monoisotopic (exact) mass is 295 g/mol. The molecule has 4 nitrogen and oxygen atoms in total. The highest BCUT2D eigenvalue weighted by atomic mass is 16.5. The van der Waals surface area contributed by atoms with Crippen LogP contribution >= 0.6 is 0 Å². The van der Waals surface area contributed by atoms with Crippen molar-refractivity contribution < 1.29 is 14.3 Å². The summed E-state index contributed by atoms with van der Waals surface area (Å²) in [6.45, 7) is 4.05. The van der Waals surface area contributed by atoms with E-state index in [2.05, 4.69) is 4.98 Å². The summed E-state index contributed by atoms with van der Waals surface area (Å²) in [6.07, 6.45) is 0. The Hall–Kier alpha value is -2.75. The van der Waals surface area contributed by atoms with Crippen LogP contribution in [0, 0.1) is 6.92 Å². The first-order valence-electron chi connectivity index (χ1n) is 7.21. The number of aromatic amines is 1. The van der Waals surface area contributed by atoms with Gasteiger partial charge in [-0.2, -0.15) is 0 Å². The van der Waals surface area contributed by atoms with E-state index in [1.54, 1.807) is 6.92 Å². The highest BCUT2D eigenvalue weighted by Gasteiger charge is 2.16. The molecule has 0 amide bonds. The number of aromatic nitrogens is 1. The molecule has 2 aromatic carbocycles. The molecule has 0 saturated carbocycles. The SMILES string of the molecule is CCOC(=O)c1[nH]c2ccc(Oc3ccccc3)cc2c1C. The Morgan fingerprint density at radius 2 is 1.86 bits per heavy atom. The molecule has 0 aliphatic rings. The summed E-state index contributed by atoms with van der Waals surface area (Å²) in [7, 11) is 0. The lowest BCUT2D eigenvalue weighted by molar-refractivity contribution is 0.0520. The number of aryl methyl sites for hydroxylation is 1. The molecule has 22 heavy (non-hydrogen) atoms. The van der Waals surface area contributed by atoms with E-state index in [1.807, 2.05) is 55.5 Å². The predicted octanol–water partition coefficient (Wildman–Crippen LogP) is 4.45. The molecule has 0 fully saturated rings. The molecule has 3 rings (SSSR count). The number of ether oxygens (including phenoxy) is 2. The smallest absolute Gasteiger partial charge is 0.355 e. The Morgan fingerprint density at radius 3 is 2.59 bits per heavy atom. The highest BCUT2D eigenvalue weighted by Crippen LogP contribution is 2.29. The van der Waals surface area contributed by atoms with Gasteiger partial charge in [0.05, 0.1) is 6.61 Å². The zero-order valence-electron chi connectivity index (χ0n) is 12.6. The molecule has 0 atom stereocenters. The van der Waals surface area contributed by atoms with E-state index >= 15 is 0 Å². The van der Waals surface area contributed by atoms with Gasteiger partial charge >= 0.3 is 5.97 Å². The van der Waals surface area contributed by atoms with Crippen LogP contribution in [0.1, 0.15) is 23.0 Å². The second-order valence-corrected chi connectivity index (χ2v) is 4.97. The summed E-state index contributed by atoms with van der Waals surface area (Å²) in [4.78, 5) is 15.0. The van der Waals surface area contributed by atoms with Gasteiger partial charge in [0, 0.05) is 10.9 Å². The number of esters is 1. The third kappa shape index (κ3) is 2.68. The Morgan fingerprint density at radius 1 is 1.09 bits per heavy atom. The molecule has 4 heteroatoms. The molecule has 0 aliphatic carbocycles. The Balaban J connectivity index is 1.96. The minimum Gasteiger partial charge on any atom is -0.461 e. The summed E-state index contributed by atoms with van der Waals surface area (Å²) < 4.78 is 10.9. The summed E-state index contributed by atoms with van der Waals surface area (Å²) in [5.74, 6) is 1.18. The summed E-state index contributed by atoms with van der Waals surface area (Å²) in [6, 6.07) is 15.3. The number of hydrogen-bond donors (Lipinski definition) is 1. The minimum atomic E-state index is -0.332. The van der Waals surface area contributed by atoms with Gasteiger partial charge in [-0.05, 0) is 49.7 Å². The summed E-state index contributed by atoms with van der Waals surface area (Å²) in [5.41, 5.74) is 2.25. The third-order valence-electron chi connectivity index (χ3n) is 3.49. The fraction of sp³-hybridized carbons (Fsp3) is 0.167. The van der Waals surface area contributed by atoms with Crippen molar-refractivity contribution >= 4 is 16.9 Å². The van der Waals surface area contributed by atoms with Crippen LogP contribution in [-0.2, 0) is 4.74 Å². The van der Waals surface area contributed by atoms with E-state index in [4.69, 9.17) is 9.47 Å².